The maximum Gasteiger partial charge on any atom is 0.119 e. The van der Waals surface area contributed by atoms with Gasteiger partial charge < -0.3 is 19.1 Å². The van der Waals surface area contributed by atoms with E-state index in [0.29, 0.717) is 12.8 Å². The normalized spacial score (nSPS) is 36.8. The van der Waals surface area contributed by atoms with Crippen molar-refractivity contribution < 1.29 is 19.1 Å². The third-order valence-electron chi connectivity index (χ3n) is 6.20. The summed E-state index contributed by atoms with van der Waals surface area (Å²) in [6.45, 7) is 1.56. The topological polar surface area (TPSA) is 52.6 Å². The molecule has 0 saturated heterocycles. The zero-order valence-corrected chi connectivity index (χ0v) is 14.8. The Kier molecular flexibility index (Phi) is 6.09. The van der Waals surface area contributed by atoms with E-state index in [2.05, 4.69) is 0 Å². The molecule has 0 heterocycles. The van der Waals surface area contributed by atoms with Crippen LogP contribution in [0.15, 0.2) is 0 Å². The molecule has 0 amide bonds. The first-order chi connectivity index (χ1) is 11.7. The van der Waals surface area contributed by atoms with Crippen LogP contribution in [0.3, 0.4) is 0 Å². The van der Waals surface area contributed by atoms with Crippen molar-refractivity contribution in [1.29, 1.82) is 0 Å². The van der Waals surface area contributed by atoms with Gasteiger partial charge in [0.25, 0.3) is 0 Å². The molecule has 0 aromatic rings. The highest BCUT2D eigenvalue weighted by Crippen LogP contribution is 2.60. The monoisotopic (exact) mass is 336 g/mol. The van der Waals surface area contributed by atoms with Crippen LogP contribution in [0.25, 0.3) is 0 Å². The number of carbonyl (C=O) groups is 2. The molecule has 0 aromatic carbocycles. The van der Waals surface area contributed by atoms with Gasteiger partial charge in [-0.15, -0.1) is 0 Å². The minimum atomic E-state index is 0.0358. The van der Waals surface area contributed by atoms with E-state index in [4.69, 9.17) is 9.47 Å². The quantitative estimate of drug-likeness (QED) is 0.401. The Labute approximate surface area is 145 Å². The number of aldehydes is 2. The van der Waals surface area contributed by atoms with E-state index in [1.807, 2.05) is 0 Å². The molecule has 0 radical (unpaired) electrons. The standard InChI is InChI=1S/C20H32O4/c21-7-3-1-5-9-23-19-12-17-11-18(13-19)15-20(14-17,16-19)24-10-6-2-4-8-22/h7-8,17-18H,1-6,9-16H2. The molecule has 4 saturated carbocycles. The van der Waals surface area contributed by atoms with Gasteiger partial charge >= 0.3 is 0 Å². The van der Waals surface area contributed by atoms with Crippen LogP contribution >= 0.6 is 0 Å². The molecule has 24 heavy (non-hydrogen) atoms. The Morgan fingerprint density at radius 1 is 0.750 bits per heavy atom. The number of hydrogen-bond donors (Lipinski definition) is 0. The molecule has 4 nitrogen and oxygen atoms in total. The maximum atomic E-state index is 10.4. The van der Waals surface area contributed by atoms with E-state index < -0.39 is 0 Å². The summed E-state index contributed by atoms with van der Waals surface area (Å²) >= 11 is 0. The van der Waals surface area contributed by atoms with Crippen molar-refractivity contribution in [2.24, 2.45) is 11.8 Å². The molecule has 4 bridgehead atoms. The van der Waals surface area contributed by atoms with E-state index in [-0.39, 0.29) is 11.2 Å². The van der Waals surface area contributed by atoms with E-state index >= 15 is 0 Å². The molecule has 0 N–H and O–H groups in total. The molecular weight excluding hydrogens is 304 g/mol. The molecule has 0 unspecified atom stereocenters. The van der Waals surface area contributed by atoms with Gasteiger partial charge in [0.2, 0.25) is 0 Å². The zero-order valence-electron chi connectivity index (χ0n) is 14.8. The van der Waals surface area contributed by atoms with Crippen molar-refractivity contribution in [3.8, 4) is 0 Å². The largest absolute Gasteiger partial charge is 0.375 e. The molecule has 4 heteroatoms. The third kappa shape index (κ3) is 4.26. The maximum absolute atomic E-state index is 10.4. The molecular formula is C20H32O4. The van der Waals surface area contributed by atoms with Gasteiger partial charge in [-0.2, -0.15) is 0 Å². The van der Waals surface area contributed by atoms with Crippen LogP contribution in [-0.2, 0) is 19.1 Å². The lowest BCUT2D eigenvalue weighted by Crippen LogP contribution is -2.61. The molecule has 0 atom stereocenters. The first-order valence-corrected chi connectivity index (χ1v) is 9.84. The van der Waals surface area contributed by atoms with Crippen LogP contribution in [0, 0.1) is 11.8 Å². The van der Waals surface area contributed by atoms with E-state index in [0.717, 1.165) is 69.7 Å². The smallest absolute Gasteiger partial charge is 0.119 e. The van der Waals surface area contributed by atoms with Gasteiger partial charge in [0, 0.05) is 32.5 Å². The average molecular weight is 336 g/mol. The molecule has 4 aliphatic carbocycles. The van der Waals surface area contributed by atoms with Crippen LogP contribution < -0.4 is 0 Å². The first-order valence-electron chi connectivity index (χ1n) is 9.84. The van der Waals surface area contributed by atoms with Gasteiger partial charge in [-0.3, -0.25) is 0 Å². The molecule has 0 spiro atoms. The lowest BCUT2D eigenvalue weighted by molar-refractivity contribution is -0.237. The van der Waals surface area contributed by atoms with Gasteiger partial charge in [0.05, 0.1) is 11.2 Å². The highest BCUT2D eigenvalue weighted by Gasteiger charge is 2.59. The fourth-order valence-corrected chi connectivity index (χ4v) is 5.67. The predicted molar refractivity (Wildman–Crippen MR) is 91.9 cm³/mol. The lowest BCUT2D eigenvalue weighted by atomic mass is 9.52. The van der Waals surface area contributed by atoms with Crippen LogP contribution in [0.2, 0.25) is 0 Å². The second kappa shape index (κ2) is 8.09. The second-order valence-electron chi connectivity index (χ2n) is 8.35. The number of rotatable bonds is 12. The summed E-state index contributed by atoms with van der Waals surface area (Å²) in [5.41, 5.74) is 0.0715. The summed E-state index contributed by atoms with van der Waals surface area (Å²) in [4.78, 5) is 20.8. The lowest BCUT2D eigenvalue weighted by Gasteiger charge is -2.61. The summed E-state index contributed by atoms with van der Waals surface area (Å²) in [7, 11) is 0. The van der Waals surface area contributed by atoms with Crippen molar-refractivity contribution >= 4 is 12.6 Å². The minimum Gasteiger partial charge on any atom is -0.375 e. The zero-order chi connectivity index (χ0) is 16.9. The summed E-state index contributed by atoms with van der Waals surface area (Å²) in [5.74, 6) is 1.52. The van der Waals surface area contributed by atoms with Gasteiger partial charge in [-0.1, -0.05) is 0 Å². The molecule has 0 aliphatic heterocycles. The van der Waals surface area contributed by atoms with Gasteiger partial charge in [-0.05, 0) is 69.6 Å². The predicted octanol–water partition coefficient (Wildman–Crippen LogP) is 3.85. The Hall–Kier alpha value is -0.740. The Balaban J connectivity index is 1.51. The van der Waals surface area contributed by atoms with Crippen molar-refractivity contribution in [2.45, 2.75) is 88.3 Å². The molecule has 0 aromatic heterocycles. The first kappa shape index (κ1) is 18.1. The van der Waals surface area contributed by atoms with Gasteiger partial charge in [0.15, 0.2) is 0 Å². The summed E-state index contributed by atoms with van der Waals surface area (Å²) in [5, 5.41) is 0. The Morgan fingerprint density at radius 2 is 1.21 bits per heavy atom. The third-order valence-corrected chi connectivity index (χ3v) is 6.20. The molecule has 4 fully saturated rings. The fourth-order valence-electron chi connectivity index (χ4n) is 5.67. The van der Waals surface area contributed by atoms with Gasteiger partial charge in [-0.25, -0.2) is 0 Å². The van der Waals surface area contributed by atoms with Crippen molar-refractivity contribution in [2.75, 3.05) is 13.2 Å². The molecule has 4 aliphatic rings. The van der Waals surface area contributed by atoms with E-state index in [9.17, 15) is 9.59 Å². The van der Waals surface area contributed by atoms with Crippen LogP contribution in [0.1, 0.15) is 77.0 Å². The van der Waals surface area contributed by atoms with Crippen LogP contribution in [0.4, 0.5) is 0 Å². The minimum absolute atomic E-state index is 0.0358. The Morgan fingerprint density at radius 3 is 1.62 bits per heavy atom. The SMILES string of the molecule is O=CCCCCOC12CC3CC(C1)CC(OCCCCC=O)(C3)C2. The number of hydrogen-bond acceptors (Lipinski definition) is 4. The Bertz CT molecular complexity index is 383. The van der Waals surface area contributed by atoms with Crippen LogP contribution in [0.5, 0.6) is 0 Å². The summed E-state index contributed by atoms with van der Waals surface area (Å²) in [6.07, 6.45) is 14.3. The number of carbonyl (C=O) groups excluding carboxylic acids is 2. The van der Waals surface area contributed by atoms with E-state index in [1.54, 1.807) is 0 Å². The second-order valence-corrected chi connectivity index (χ2v) is 8.35. The van der Waals surface area contributed by atoms with Crippen LogP contribution in [-0.4, -0.2) is 37.0 Å². The van der Waals surface area contributed by atoms with Crippen molar-refractivity contribution in [3.63, 3.8) is 0 Å². The van der Waals surface area contributed by atoms with Gasteiger partial charge in [0.1, 0.15) is 12.6 Å². The van der Waals surface area contributed by atoms with Crippen molar-refractivity contribution in [3.05, 3.63) is 0 Å². The molecule has 136 valence electrons. The highest BCUT2D eigenvalue weighted by atomic mass is 16.5. The fraction of sp³-hybridized carbons (Fsp3) is 0.900. The van der Waals surface area contributed by atoms with Crippen molar-refractivity contribution in [1.82, 2.24) is 0 Å². The summed E-state index contributed by atoms with van der Waals surface area (Å²) in [6, 6.07) is 0. The summed E-state index contributed by atoms with van der Waals surface area (Å²) < 4.78 is 12.8. The number of ether oxygens (including phenoxy) is 2. The average Bonchev–Trinajstić information content (AvgIpc) is 2.53. The molecule has 4 rings (SSSR count). The number of unbranched alkanes of at least 4 members (excludes halogenated alkanes) is 4. The van der Waals surface area contributed by atoms with E-state index in [1.165, 1.54) is 32.1 Å². The highest BCUT2D eigenvalue weighted by molar-refractivity contribution is 5.49.